The van der Waals surface area contributed by atoms with Gasteiger partial charge in [0.15, 0.2) is 0 Å². The van der Waals surface area contributed by atoms with Crippen LogP contribution in [0.15, 0.2) is 18.2 Å². The number of aromatic carboxylic acids is 1. The Hall–Kier alpha value is -2.08. The molecule has 86 valence electrons. The molecule has 16 heavy (non-hydrogen) atoms. The summed E-state index contributed by atoms with van der Waals surface area (Å²) < 4.78 is 4.83. The van der Waals surface area contributed by atoms with Gasteiger partial charge < -0.3 is 20.7 Å². The highest BCUT2D eigenvalue weighted by atomic mass is 16.5. The molecular weight excluding hydrogens is 214 g/mol. The highest BCUT2D eigenvalue weighted by Crippen LogP contribution is 2.22. The molecule has 0 unspecified atom stereocenters. The fraction of sp³-hybridized carbons (Fsp3) is 0.200. The van der Waals surface area contributed by atoms with Crippen LogP contribution < -0.4 is 10.5 Å². The third-order valence-corrected chi connectivity index (χ3v) is 2.08. The Morgan fingerprint density at radius 3 is 2.44 bits per heavy atom. The summed E-state index contributed by atoms with van der Waals surface area (Å²) in [5, 5.41) is 17.6. The number of carbonyl (C=O) groups is 2. The van der Waals surface area contributed by atoms with Gasteiger partial charge in [-0.05, 0) is 17.7 Å². The van der Waals surface area contributed by atoms with Crippen LogP contribution in [0.1, 0.15) is 22.0 Å². The quantitative estimate of drug-likeness (QED) is 0.687. The van der Waals surface area contributed by atoms with Gasteiger partial charge in [-0.2, -0.15) is 0 Å². The van der Waals surface area contributed by atoms with E-state index in [1.54, 1.807) is 0 Å². The molecule has 0 aromatic heterocycles. The summed E-state index contributed by atoms with van der Waals surface area (Å²) in [5.41, 5.74) is 5.46. The number of methoxy groups -OCH3 is 1. The van der Waals surface area contributed by atoms with E-state index in [1.165, 1.54) is 25.3 Å². The van der Waals surface area contributed by atoms with Crippen LogP contribution in [0, 0.1) is 0 Å². The SMILES string of the molecule is COc1ccc([C@H](N)C(=O)O)cc1C(=O)O. The molecular formula is C10H11NO5. The summed E-state index contributed by atoms with van der Waals surface area (Å²) in [6, 6.07) is 2.75. The van der Waals surface area contributed by atoms with Crippen molar-refractivity contribution < 1.29 is 24.5 Å². The second-order valence-electron chi connectivity index (χ2n) is 3.08. The number of rotatable bonds is 4. The highest BCUT2D eigenvalue weighted by Gasteiger charge is 2.18. The first-order valence-electron chi connectivity index (χ1n) is 4.37. The van der Waals surface area contributed by atoms with Crippen molar-refractivity contribution in [1.29, 1.82) is 0 Å². The minimum absolute atomic E-state index is 0.114. The maximum atomic E-state index is 10.9. The largest absolute Gasteiger partial charge is 0.496 e. The molecule has 0 saturated carbocycles. The van der Waals surface area contributed by atoms with Crippen LogP contribution in [0.4, 0.5) is 0 Å². The number of ether oxygens (including phenoxy) is 1. The maximum absolute atomic E-state index is 10.9. The van der Waals surface area contributed by atoms with Gasteiger partial charge >= 0.3 is 11.9 Å². The van der Waals surface area contributed by atoms with E-state index in [0.717, 1.165) is 0 Å². The average molecular weight is 225 g/mol. The Labute approximate surface area is 91.3 Å². The van der Waals surface area contributed by atoms with Crippen molar-refractivity contribution in [1.82, 2.24) is 0 Å². The molecule has 6 heteroatoms. The molecule has 0 amide bonds. The van der Waals surface area contributed by atoms with Crippen LogP contribution in [-0.4, -0.2) is 29.3 Å². The van der Waals surface area contributed by atoms with Crippen LogP contribution in [0.5, 0.6) is 5.75 Å². The van der Waals surface area contributed by atoms with Crippen molar-refractivity contribution in [3.8, 4) is 5.75 Å². The van der Waals surface area contributed by atoms with E-state index in [-0.39, 0.29) is 16.9 Å². The molecule has 1 rings (SSSR count). The Morgan fingerprint density at radius 1 is 1.38 bits per heavy atom. The third-order valence-electron chi connectivity index (χ3n) is 2.08. The lowest BCUT2D eigenvalue weighted by Crippen LogP contribution is -2.21. The normalized spacial score (nSPS) is 11.9. The molecule has 1 aromatic carbocycles. The van der Waals surface area contributed by atoms with Crippen molar-refractivity contribution >= 4 is 11.9 Å². The molecule has 0 spiro atoms. The molecule has 1 atom stereocenters. The number of benzene rings is 1. The van der Waals surface area contributed by atoms with E-state index in [1.807, 2.05) is 0 Å². The van der Waals surface area contributed by atoms with Crippen LogP contribution in [0.25, 0.3) is 0 Å². The Kier molecular flexibility index (Phi) is 3.47. The predicted molar refractivity (Wildman–Crippen MR) is 54.5 cm³/mol. The number of aliphatic carboxylic acids is 1. The summed E-state index contributed by atoms with van der Waals surface area (Å²) in [6.07, 6.45) is 0. The van der Waals surface area contributed by atoms with E-state index in [4.69, 9.17) is 20.7 Å². The smallest absolute Gasteiger partial charge is 0.339 e. The summed E-state index contributed by atoms with van der Waals surface area (Å²) in [7, 11) is 1.33. The van der Waals surface area contributed by atoms with Crippen molar-refractivity contribution in [2.45, 2.75) is 6.04 Å². The van der Waals surface area contributed by atoms with Crippen molar-refractivity contribution in [2.24, 2.45) is 5.73 Å². The molecule has 6 nitrogen and oxygen atoms in total. The lowest BCUT2D eigenvalue weighted by molar-refractivity contribution is -0.138. The molecule has 4 N–H and O–H groups in total. The van der Waals surface area contributed by atoms with Gasteiger partial charge in [0.2, 0.25) is 0 Å². The van der Waals surface area contributed by atoms with E-state index < -0.39 is 18.0 Å². The molecule has 0 radical (unpaired) electrons. The highest BCUT2D eigenvalue weighted by molar-refractivity contribution is 5.91. The van der Waals surface area contributed by atoms with Crippen molar-refractivity contribution in [3.05, 3.63) is 29.3 Å². The summed E-state index contributed by atoms with van der Waals surface area (Å²) in [4.78, 5) is 21.5. The molecule has 1 aromatic rings. The number of hydrogen-bond acceptors (Lipinski definition) is 4. The second kappa shape index (κ2) is 4.63. The molecule has 0 aliphatic carbocycles. The zero-order valence-electron chi connectivity index (χ0n) is 8.51. The minimum Gasteiger partial charge on any atom is -0.496 e. The van der Waals surface area contributed by atoms with Gasteiger partial charge in [0.05, 0.1) is 7.11 Å². The molecule has 0 fully saturated rings. The molecule has 0 heterocycles. The summed E-state index contributed by atoms with van der Waals surface area (Å²) in [6.45, 7) is 0. The van der Waals surface area contributed by atoms with Gasteiger partial charge in [-0.15, -0.1) is 0 Å². The Bertz CT molecular complexity index is 429. The Balaban J connectivity index is 3.21. The first kappa shape index (κ1) is 12.0. The van der Waals surface area contributed by atoms with Gasteiger partial charge in [-0.1, -0.05) is 6.07 Å². The van der Waals surface area contributed by atoms with Crippen molar-refractivity contribution in [3.63, 3.8) is 0 Å². The van der Waals surface area contributed by atoms with Gasteiger partial charge in [-0.25, -0.2) is 4.79 Å². The number of nitrogens with two attached hydrogens (primary N) is 1. The van der Waals surface area contributed by atoms with Crippen LogP contribution in [-0.2, 0) is 4.79 Å². The molecule has 0 saturated heterocycles. The molecule has 0 aliphatic rings. The number of hydrogen-bond donors (Lipinski definition) is 3. The average Bonchev–Trinajstić information content (AvgIpc) is 2.26. The van der Waals surface area contributed by atoms with Gasteiger partial charge in [-0.3, -0.25) is 4.79 Å². The minimum atomic E-state index is -1.25. The second-order valence-corrected chi connectivity index (χ2v) is 3.08. The van der Waals surface area contributed by atoms with Crippen LogP contribution in [0.3, 0.4) is 0 Å². The fourth-order valence-corrected chi connectivity index (χ4v) is 1.23. The standard InChI is InChI=1S/C10H11NO5/c1-16-7-3-2-5(8(11)10(14)15)4-6(7)9(12)13/h2-4,8H,11H2,1H3,(H,12,13)(H,14,15)/t8-/m0/s1. The van der Waals surface area contributed by atoms with Gasteiger partial charge in [0.25, 0.3) is 0 Å². The van der Waals surface area contributed by atoms with E-state index in [2.05, 4.69) is 0 Å². The lowest BCUT2D eigenvalue weighted by atomic mass is 10.0. The van der Waals surface area contributed by atoms with E-state index >= 15 is 0 Å². The van der Waals surface area contributed by atoms with Gasteiger partial charge in [0, 0.05) is 0 Å². The number of carboxylic acid groups (broad SMARTS) is 2. The van der Waals surface area contributed by atoms with E-state index in [9.17, 15) is 9.59 Å². The van der Waals surface area contributed by atoms with Crippen molar-refractivity contribution in [2.75, 3.05) is 7.11 Å². The summed E-state index contributed by atoms with van der Waals surface area (Å²) in [5.74, 6) is -2.26. The monoisotopic (exact) mass is 225 g/mol. The predicted octanol–water partition coefficient (Wildman–Crippen LogP) is 0.478. The van der Waals surface area contributed by atoms with Crippen LogP contribution >= 0.6 is 0 Å². The van der Waals surface area contributed by atoms with E-state index in [0.29, 0.717) is 0 Å². The topological polar surface area (TPSA) is 110 Å². The zero-order valence-corrected chi connectivity index (χ0v) is 8.51. The fourth-order valence-electron chi connectivity index (χ4n) is 1.23. The molecule has 0 aliphatic heterocycles. The lowest BCUT2D eigenvalue weighted by Gasteiger charge is -2.10. The maximum Gasteiger partial charge on any atom is 0.339 e. The Morgan fingerprint density at radius 2 is 2.00 bits per heavy atom. The van der Waals surface area contributed by atoms with Crippen LogP contribution in [0.2, 0.25) is 0 Å². The van der Waals surface area contributed by atoms with Gasteiger partial charge in [0.1, 0.15) is 17.4 Å². The first-order chi connectivity index (χ1) is 7.47. The first-order valence-corrected chi connectivity index (χ1v) is 4.37. The summed E-state index contributed by atoms with van der Waals surface area (Å²) >= 11 is 0. The number of carboxylic acids is 2. The third kappa shape index (κ3) is 2.29. The molecule has 0 bridgehead atoms. The zero-order chi connectivity index (χ0) is 12.3.